The van der Waals surface area contributed by atoms with Crippen LogP contribution in [0.15, 0.2) is 72.8 Å². The molecule has 1 fully saturated rings. The van der Waals surface area contributed by atoms with E-state index in [4.69, 9.17) is 0 Å². The zero-order valence-corrected chi connectivity index (χ0v) is 18.4. The minimum Gasteiger partial charge on any atom is -0.365 e. The molecule has 0 bridgehead atoms. The van der Waals surface area contributed by atoms with Crippen molar-refractivity contribution in [3.63, 3.8) is 0 Å². The minimum atomic E-state index is -0.303. The molecular weight excluding hydrogens is 420 g/mol. The fourth-order valence-electron chi connectivity index (χ4n) is 5.08. The molecule has 170 valence electrons. The van der Waals surface area contributed by atoms with E-state index in [2.05, 4.69) is 27.2 Å². The Kier molecular flexibility index (Phi) is 6.09. The van der Waals surface area contributed by atoms with Crippen molar-refractivity contribution in [2.45, 2.75) is 25.6 Å². The quantitative estimate of drug-likeness (QED) is 0.639. The van der Waals surface area contributed by atoms with Crippen molar-refractivity contribution in [3.8, 4) is 0 Å². The lowest BCUT2D eigenvalue weighted by Crippen LogP contribution is -2.60. The highest BCUT2D eigenvalue weighted by Gasteiger charge is 2.41. The van der Waals surface area contributed by atoms with Gasteiger partial charge in [-0.15, -0.1) is 0 Å². The SMILES string of the molecule is O=C(NCc1cccc(F)c1)C1Cc2ccccc2N2CCN(Cc3ccc(F)cc3)CC12. The molecule has 3 aromatic carbocycles. The molecule has 2 aliphatic heterocycles. The number of amides is 1. The van der Waals surface area contributed by atoms with Gasteiger partial charge < -0.3 is 10.2 Å². The van der Waals surface area contributed by atoms with Crippen LogP contribution in [0.5, 0.6) is 0 Å². The van der Waals surface area contributed by atoms with E-state index in [9.17, 15) is 13.6 Å². The first kappa shape index (κ1) is 21.6. The first-order chi connectivity index (χ1) is 16.1. The average Bonchev–Trinajstić information content (AvgIpc) is 2.83. The van der Waals surface area contributed by atoms with Crippen LogP contribution in [0.4, 0.5) is 14.5 Å². The molecule has 1 N–H and O–H groups in total. The first-order valence-electron chi connectivity index (χ1n) is 11.4. The van der Waals surface area contributed by atoms with Crippen molar-refractivity contribution < 1.29 is 13.6 Å². The van der Waals surface area contributed by atoms with Gasteiger partial charge in [-0.1, -0.05) is 42.5 Å². The van der Waals surface area contributed by atoms with Gasteiger partial charge in [0.1, 0.15) is 11.6 Å². The summed E-state index contributed by atoms with van der Waals surface area (Å²) in [6, 6.07) is 21.3. The fourth-order valence-corrected chi connectivity index (χ4v) is 5.08. The van der Waals surface area contributed by atoms with Gasteiger partial charge in [-0.05, 0) is 53.4 Å². The van der Waals surface area contributed by atoms with Crippen molar-refractivity contribution in [2.75, 3.05) is 24.5 Å². The van der Waals surface area contributed by atoms with Gasteiger partial charge in [0, 0.05) is 38.4 Å². The fraction of sp³-hybridized carbons (Fsp3) is 0.296. The smallest absolute Gasteiger partial charge is 0.225 e. The number of hydrogen-bond donors (Lipinski definition) is 1. The normalized spacial score (nSPS) is 20.1. The van der Waals surface area contributed by atoms with Crippen molar-refractivity contribution in [1.82, 2.24) is 10.2 Å². The number of nitrogens with one attached hydrogen (secondary N) is 1. The summed E-state index contributed by atoms with van der Waals surface area (Å²) in [7, 11) is 0. The molecule has 2 heterocycles. The summed E-state index contributed by atoms with van der Waals surface area (Å²) in [4.78, 5) is 18.0. The van der Waals surface area contributed by atoms with E-state index in [0.29, 0.717) is 13.0 Å². The van der Waals surface area contributed by atoms with Crippen molar-refractivity contribution in [3.05, 3.63) is 101 Å². The molecule has 0 radical (unpaired) electrons. The van der Waals surface area contributed by atoms with Crippen LogP contribution in [-0.4, -0.2) is 36.5 Å². The second kappa shape index (κ2) is 9.32. The largest absolute Gasteiger partial charge is 0.365 e. The molecule has 4 nitrogen and oxygen atoms in total. The van der Waals surface area contributed by atoms with Gasteiger partial charge in [0.25, 0.3) is 0 Å². The topological polar surface area (TPSA) is 35.6 Å². The second-order valence-electron chi connectivity index (χ2n) is 8.91. The predicted molar refractivity (Wildman–Crippen MR) is 125 cm³/mol. The van der Waals surface area contributed by atoms with Gasteiger partial charge in [-0.2, -0.15) is 0 Å². The van der Waals surface area contributed by atoms with Crippen LogP contribution in [0.2, 0.25) is 0 Å². The molecule has 2 unspecified atom stereocenters. The van der Waals surface area contributed by atoms with Crippen LogP contribution in [0, 0.1) is 17.6 Å². The first-order valence-corrected chi connectivity index (χ1v) is 11.4. The second-order valence-corrected chi connectivity index (χ2v) is 8.91. The van der Waals surface area contributed by atoms with Gasteiger partial charge in [0.15, 0.2) is 0 Å². The molecule has 2 aliphatic rings. The molecule has 0 aliphatic carbocycles. The summed E-state index contributed by atoms with van der Waals surface area (Å²) in [6.45, 7) is 3.49. The highest BCUT2D eigenvalue weighted by molar-refractivity contribution is 5.82. The van der Waals surface area contributed by atoms with Gasteiger partial charge in [-0.3, -0.25) is 9.69 Å². The molecular formula is C27H27F2N3O. The van der Waals surface area contributed by atoms with Gasteiger partial charge in [0.2, 0.25) is 5.91 Å². The zero-order valence-electron chi connectivity index (χ0n) is 18.4. The molecule has 1 saturated heterocycles. The van der Waals surface area contributed by atoms with Crippen LogP contribution in [0.1, 0.15) is 16.7 Å². The summed E-state index contributed by atoms with van der Waals surface area (Å²) in [5, 5.41) is 3.04. The third-order valence-corrected chi connectivity index (χ3v) is 6.72. The third kappa shape index (κ3) is 4.76. The number of nitrogens with zero attached hydrogens (tertiary/aromatic N) is 2. The van der Waals surface area contributed by atoms with E-state index in [1.54, 1.807) is 6.07 Å². The Balaban J connectivity index is 1.34. The highest BCUT2D eigenvalue weighted by atomic mass is 19.1. The monoisotopic (exact) mass is 447 g/mol. The molecule has 1 amide bonds. The Labute approximate surface area is 192 Å². The Morgan fingerprint density at radius 3 is 2.55 bits per heavy atom. The molecule has 2 atom stereocenters. The predicted octanol–water partition coefficient (Wildman–Crippen LogP) is 4.14. The van der Waals surface area contributed by atoms with E-state index >= 15 is 0 Å². The average molecular weight is 448 g/mol. The number of carbonyl (C=O) groups excluding carboxylic acids is 1. The molecule has 6 heteroatoms. The Bertz CT molecular complexity index is 1130. The van der Waals surface area contributed by atoms with Crippen LogP contribution >= 0.6 is 0 Å². The maximum Gasteiger partial charge on any atom is 0.225 e. The van der Waals surface area contributed by atoms with E-state index in [1.165, 1.54) is 35.5 Å². The lowest BCUT2D eigenvalue weighted by molar-refractivity contribution is -0.126. The van der Waals surface area contributed by atoms with E-state index in [0.717, 1.165) is 37.3 Å². The molecule has 0 saturated carbocycles. The highest BCUT2D eigenvalue weighted by Crippen LogP contribution is 2.36. The number of piperazine rings is 1. The Hall–Kier alpha value is -3.25. The molecule has 3 aromatic rings. The lowest BCUT2D eigenvalue weighted by Gasteiger charge is -2.49. The summed E-state index contributed by atoms with van der Waals surface area (Å²) < 4.78 is 26.8. The van der Waals surface area contributed by atoms with E-state index in [-0.39, 0.29) is 29.5 Å². The maximum atomic E-state index is 13.5. The molecule has 0 spiro atoms. The minimum absolute atomic E-state index is 0.00704. The summed E-state index contributed by atoms with van der Waals surface area (Å²) in [6.07, 6.45) is 0.677. The van der Waals surface area contributed by atoms with E-state index < -0.39 is 0 Å². The van der Waals surface area contributed by atoms with Crippen molar-refractivity contribution in [1.29, 1.82) is 0 Å². The number of benzene rings is 3. The number of anilines is 1. The zero-order chi connectivity index (χ0) is 22.8. The van der Waals surface area contributed by atoms with Gasteiger partial charge in [0.05, 0.1) is 12.0 Å². The number of carbonyl (C=O) groups is 1. The van der Waals surface area contributed by atoms with Gasteiger partial charge >= 0.3 is 0 Å². The van der Waals surface area contributed by atoms with Crippen LogP contribution in [0.25, 0.3) is 0 Å². The van der Waals surface area contributed by atoms with Crippen LogP contribution in [0.3, 0.4) is 0 Å². The summed E-state index contributed by atoms with van der Waals surface area (Å²) in [5.74, 6) is -0.748. The molecule has 33 heavy (non-hydrogen) atoms. The molecule has 5 rings (SSSR count). The number of halogens is 2. The number of fused-ring (bicyclic) bond motifs is 3. The lowest BCUT2D eigenvalue weighted by atomic mass is 9.83. The number of para-hydroxylation sites is 1. The molecule has 0 aromatic heterocycles. The van der Waals surface area contributed by atoms with Crippen molar-refractivity contribution >= 4 is 11.6 Å². The van der Waals surface area contributed by atoms with E-state index in [1.807, 2.05) is 30.3 Å². The standard InChI is InChI=1S/C27H27F2N3O/c28-22-10-8-19(9-11-22)17-31-12-13-32-25-7-2-1-5-21(25)15-24(26(32)18-31)27(33)30-16-20-4-3-6-23(29)14-20/h1-11,14,24,26H,12-13,15-18H2,(H,30,33). The Morgan fingerprint density at radius 1 is 0.909 bits per heavy atom. The van der Waals surface area contributed by atoms with Crippen LogP contribution in [-0.2, 0) is 24.3 Å². The van der Waals surface area contributed by atoms with Gasteiger partial charge in [-0.25, -0.2) is 8.78 Å². The van der Waals surface area contributed by atoms with Crippen molar-refractivity contribution in [2.24, 2.45) is 5.92 Å². The summed E-state index contributed by atoms with van der Waals surface area (Å²) in [5.41, 5.74) is 4.20. The number of hydrogen-bond acceptors (Lipinski definition) is 3. The third-order valence-electron chi connectivity index (χ3n) is 6.72. The Morgan fingerprint density at radius 2 is 1.73 bits per heavy atom. The van der Waals surface area contributed by atoms with Crippen LogP contribution < -0.4 is 10.2 Å². The summed E-state index contributed by atoms with van der Waals surface area (Å²) >= 11 is 0. The number of rotatable bonds is 5. The maximum absolute atomic E-state index is 13.5.